The second-order valence-electron chi connectivity index (χ2n) is 8.11. The first-order chi connectivity index (χ1) is 15.5. The van der Waals surface area contributed by atoms with Crippen molar-refractivity contribution in [1.82, 2.24) is 19.8 Å². The van der Waals surface area contributed by atoms with Crippen molar-refractivity contribution >= 4 is 5.91 Å². The van der Waals surface area contributed by atoms with Crippen LogP contribution in [0.25, 0.3) is 0 Å². The predicted octanol–water partition coefficient (Wildman–Crippen LogP) is 2.61. The summed E-state index contributed by atoms with van der Waals surface area (Å²) in [7, 11) is 0. The van der Waals surface area contributed by atoms with E-state index in [9.17, 15) is 14.0 Å². The Morgan fingerprint density at radius 1 is 1.12 bits per heavy atom. The molecule has 1 aliphatic heterocycles. The number of aryl methyl sites for hydroxylation is 1. The van der Waals surface area contributed by atoms with Crippen LogP contribution in [0, 0.1) is 12.7 Å². The summed E-state index contributed by atoms with van der Waals surface area (Å²) in [5, 5.41) is 2.77. The first-order valence-corrected chi connectivity index (χ1v) is 10.9. The van der Waals surface area contributed by atoms with Crippen LogP contribution in [-0.4, -0.2) is 33.4 Å². The normalized spacial score (nSPS) is 13.6. The van der Waals surface area contributed by atoms with Gasteiger partial charge < -0.3 is 5.32 Å². The van der Waals surface area contributed by atoms with Crippen LogP contribution in [-0.2, 0) is 37.3 Å². The second-order valence-corrected chi connectivity index (χ2v) is 8.11. The standard InChI is InChI=1S/C25H27FN4O2/c1-18-28-23-16-29(15-19-7-3-2-4-8-19)14-12-21(23)25(32)30(18)17-24(31)27-13-11-20-9-5-6-10-22(20)26/h2-10H,11-17H2,1H3,(H,27,31). The maximum Gasteiger partial charge on any atom is 0.257 e. The van der Waals surface area contributed by atoms with E-state index < -0.39 is 0 Å². The molecule has 3 aromatic rings. The van der Waals surface area contributed by atoms with Crippen molar-refractivity contribution in [2.45, 2.75) is 39.4 Å². The molecule has 0 atom stereocenters. The van der Waals surface area contributed by atoms with Gasteiger partial charge in [-0.15, -0.1) is 0 Å². The highest BCUT2D eigenvalue weighted by Gasteiger charge is 2.23. The number of aromatic nitrogens is 2. The highest BCUT2D eigenvalue weighted by molar-refractivity contribution is 5.75. The van der Waals surface area contributed by atoms with E-state index in [1.54, 1.807) is 25.1 Å². The Morgan fingerprint density at radius 2 is 1.88 bits per heavy atom. The van der Waals surface area contributed by atoms with Crippen molar-refractivity contribution in [1.29, 1.82) is 0 Å². The molecule has 0 saturated heterocycles. The molecule has 1 aromatic heterocycles. The fraction of sp³-hybridized carbons (Fsp3) is 0.320. The lowest BCUT2D eigenvalue weighted by molar-refractivity contribution is -0.121. The van der Waals surface area contributed by atoms with Gasteiger partial charge in [0.25, 0.3) is 5.56 Å². The highest BCUT2D eigenvalue weighted by Crippen LogP contribution is 2.17. The monoisotopic (exact) mass is 434 g/mol. The number of carbonyl (C=O) groups excluding carboxylic acids is 1. The summed E-state index contributed by atoms with van der Waals surface area (Å²) in [6.45, 7) is 4.18. The lowest BCUT2D eigenvalue weighted by atomic mass is 10.1. The summed E-state index contributed by atoms with van der Waals surface area (Å²) < 4.78 is 15.1. The van der Waals surface area contributed by atoms with Crippen molar-refractivity contribution in [2.75, 3.05) is 13.1 Å². The Kier molecular flexibility index (Phi) is 6.75. The number of fused-ring (bicyclic) bond motifs is 1. The molecule has 0 radical (unpaired) electrons. The number of halogens is 1. The largest absolute Gasteiger partial charge is 0.354 e. The van der Waals surface area contributed by atoms with E-state index in [4.69, 9.17) is 0 Å². The zero-order valence-corrected chi connectivity index (χ0v) is 18.2. The van der Waals surface area contributed by atoms with Gasteiger partial charge in [-0.1, -0.05) is 48.5 Å². The van der Waals surface area contributed by atoms with Gasteiger partial charge in [-0.05, 0) is 37.0 Å². The first-order valence-electron chi connectivity index (χ1n) is 10.9. The van der Waals surface area contributed by atoms with Gasteiger partial charge in [0.1, 0.15) is 18.2 Å². The van der Waals surface area contributed by atoms with Crippen LogP contribution in [0.3, 0.4) is 0 Å². The Balaban J connectivity index is 1.39. The van der Waals surface area contributed by atoms with Crippen LogP contribution >= 0.6 is 0 Å². The highest BCUT2D eigenvalue weighted by atomic mass is 19.1. The molecule has 1 aliphatic rings. The van der Waals surface area contributed by atoms with Crippen LogP contribution in [0.1, 0.15) is 28.2 Å². The van der Waals surface area contributed by atoms with Gasteiger partial charge in [-0.25, -0.2) is 9.37 Å². The summed E-state index contributed by atoms with van der Waals surface area (Å²) in [6.07, 6.45) is 1.01. The van der Waals surface area contributed by atoms with E-state index in [-0.39, 0.29) is 23.8 Å². The molecule has 1 amide bonds. The summed E-state index contributed by atoms with van der Waals surface area (Å²) in [5.74, 6) is -0.0385. The lowest BCUT2D eigenvalue weighted by Crippen LogP contribution is -2.40. The Hall–Kier alpha value is -3.32. The third-order valence-corrected chi connectivity index (χ3v) is 5.82. The van der Waals surface area contributed by atoms with Gasteiger partial charge in [-0.2, -0.15) is 0 Å². The molecule has 6 nitrogen and oxygen atoms in total. The van der Waals surface area contributed by atoms with Gasteiger partial charge in [0.05, 0.1) is 5.69 Å². The van der Waals surface area contributed by atoms with Gasteiger partial charge in [0.2, 0.25) is 5.91 Å². The van der Waals surface area contributed by atoms with Crippen molar-refractivity contribution in [2.24, 2.45) is 0 Å². The SMILES string of the molecule is Cc1nc2c(c(=O)n1CC(=O)NCCc1ccccc1F)CCN(Cc1ccccc1)C2. The van der Waals surface area contributed by atoms with E-state index in [1.807, 2.05) is 18.2 Å². The number of hydrogen-bond donors (Lipinski definition) is 1. The number of rotatable bonds is 7. The maximum absolute atomic E-state index is 13.7. The van der Waals surface area contributed by atoms with Gasteiger partial charge in [0, 0.05) is 31.7 Å². The number of nitrogens with one attached hydrogen (secondary N) is 1. The van der Waals surface area contributed by atoms with E-state index in [0.717, 1.165) is 18.8 Å². The molecule has 1 N–H and O–H groups in total. The number of amides is 1. The van der Waals surface area contributed by atoms with Crippen LogP contribution in [0.5, 0.6) is 0 Å². The fourth-order valence-electron chi connectivity index (χ4n) is 4.10. The van der Waals surface area contributed by atoms with Crippen LogP contribution in [0.15, 0.2) is 59.4 Å². The lowest BCUT2D eigenvalue weighted by Gasteiger charge is -2.28. The quantitative estimate of drug-likeness (QED) is 0.621. The minimum Gasteiger partial charge on any atom is -0.354 e. The molecule has 4 rings (SSSR count). The van der Waals surface area contributed by atoms with Crippen molar-refractivity contribution in [3.63, 3.8) is 0 Å². The van der Waals surface area contributed by atoms with E-state index in [0.29, 0.717) is 42.9 Å². The molecule has 0 unspecified atom stereocenters. The van der Waals surface area contributed by atoms with Crippen molar-refractivity contribution in [3.8, 4) is 0 Å². The van der Waals surface area contributed by atoms with Crippen molar-refractivity contribution < 1.29 is 9.18 Å². The molecule has 166 valence electrons. The molecule has 0 aliphatic carbocycles. The predicted molar refractivity (Wildman–Crippen MR) is 121 cm³/mol. The number of benzene rings is 2. The summed E-state index contributed by atoms with van der Waals surface area (Å²) in [4.78, 5) is 32.4. The molecule has 2 heterocycles. The average Bonchev–Trinajstić information content (AvgIpc) is 2.78. The molecule has 0 spiro atoms. The van der Waals surface area contributed by atoms with Gasteiger partial charge in [0.15, 0.2) is 0 Å². The smallest absolute Gasteiger partial charge is 0.257 e. The van der Waals surface area contributed by atoms with Gasteiger partial charge >= 0.3 is 0 Å². The number of carbonyl (C=O) groups is 1. The summed E-state index contributed by atoms with van der Waals surface area (Å²) in [6, 6.07) is 16.7. The third-order valence-electron chi connectivity index (χ3n) is 5.82. The minimum atomic E-state index is -0.283. The molecule has 0 bridgehead atoms. The maximum atomic E-state index is 13.7. The molecule has 0 saturated carbocycles. The molecule has 32 heavy (non-hydrogen) atoms. The molecular formula is C25H27FN4O2. The van der Waals surface area contributed by atoms with Gasteiger partial charge in [-0.3, -0.25) is 19.1 Å². The minimum absolute atomic E-state index is 0.0874. The molecular weight excluding hydrogens is 407 g/mol. The van der Waals surface area contributed by atoms with E-state index in [2.05, 4.69) is 27.3 Å². The first kappa shape index (κ1) is 21.9. The topological polar surface area (TPSA) is 67.2 Å². The Labute approximate surface area is 186 Å². The van der Waals surface area contributed by atoms with E-state index in [1.165, 1.54) is 16.2 Å². The second kappa shape index (κ2) is 9.87. The molecule has 2 aromatic carbocycles. The summed E-state index contributed by atoms with van der Waals surface area (Å²) >= 11 is 0. The number of hydrogen-bond acceptors (Lipinski definition) is 4. The van der Waals surface area contributed by atoms with Crippen LogP contribution < -0.4 is 10.9 Å². The summed E-state index contributed by atoms with van der Waals surface area (Å²) in [5.41, 5.74) is 3.13. The Morgan fingerprint density at radius 3 is 2.66 bits per heavy atom. The average molecular weight is 435 g/mol. The zero-order valence-electron chi connectivity index (χ0n) is 18.2. The Bertz CT molecular complexity index is 1160. The molecule has 7 heteroatoms. The van der Waals surface area contributed by atoms with Crippen molar-refractivity contribution in [3.05, 3.63) is 99.0 Å². The fourth-order valence-corrected chi connectivity index (χ4v) is 4.10. The number of nitrogens with zero attached hydrogens (tertiary/aromatic N) is 3. The molecule has 0 fully saturated rings. The van der Waals surface area contributed by atoms with E-state index >= 15 is 0 Å². The van der Waals surface area contributed by atoms with Crippen LogP contribution in [0.2, 0.25) is 0 Å². The van der Waals surface area contributed by atoms with Crippen LogP contribution in [0.4, 0.5) is 4.39 Å². The third kappa shape index (κ3) is 5.11. The zero-order chi connectivity index (χ0) is 22.5.